The molecule has 0 amide bonds. The molecule has 1 aliphatic rings. The number of rotatable bonds is 2. The van der Waals surface area contributed by atoms with Gasteiger partial charge in [-0.25, -0.2) is 4.98 Å². The standard InChI is InChI=1S/C12H18ClN3O/c1-12(17)3-2-5-16(6-4-12)9-10-7-15-11(13)8-14-10/h7-8,17H,2-6,9H2,1H3. The zero-order valence-corrected chi connectivity index (χ0v) is 10.8. The summed E-state index contributed by atoms with van der Waals surface area (Å²) in [5.74, 6) is 0. The Balaban J connectivity index is 1.93. The number of nitrogens with zero attached hydrogens (tertiary/aromatic N) is 3. The van der Waals surface area contributed by atoms with E-state index in [1.165, 1.54) is 0 Å². The van der Waals surface area contributed by atoms with Crippen LogP contribution in [0.25, 0.3) is 0 Å². The van der Waals surface area contributed by atoms with Crippen LogP contribution in [0.4, 0.5) is 0 Å². The fourth-order valence-corrected chi connectivity index (χ4v) is 2.22. The van der Waals surface area contributed by atoms with E-state index in [1.807, 2.05) is 6.92 Å². The maximum atomic E-state index is 10.0. The van der Waals surface area contributed by atoms with Crippen LogP contribution in [0.15, 0.2) is 12.4 Å². The lowest BCUT2D eigenvalue weighted by atomic mass is 9.98. The van der Waals surface area contributed by atoms with Crippen LogP contribution in [-0.2, 0) is 6.54 Å². The Bertz CT molecular complexity index is 367. The van der Waals surface area contributed by atoms with Crippen molar-refractivity contribution in [3.8, 4) is 0 Å². The number of hydrogen-bond acceptors (Lipinski definition) is 4. The molecule has 1 saturated heterocycles. The van der Waals surface area contributed by atoms with Gasteiger partial charge in [-0.05, 0) is 32.7 Å². The third kappa shape index (κ3) is 3.91. The van der Waals surface area contributed by atoms with Crippen molar-refractivity contribution in [1.29, 1.82) is 0 Å². The lowest BCUT2D eigenvalue weighted by Crippen LogP contribution is -2.28. The summed E-state index contributed by atoms with van der Waals surface area (Å²) in [6, 6.07) is 0. The van der Waals surface area contributed by atoms with Gasteiger partial charge in [0.15, 0.2) is 0 Å². The first-order valence-electron chi connectivity index (χ1n) is 5.96. The van der Waals surface area contributed by atoms with Gasteiger partial charge < -0.3 is 5.11 Å². The van der Waals surface area contributed by atoms with Crippen LogP contribution in [0.5, 0.6) is 0 Å². The molecule has 1 atom stereocenters. The molecule has 0 bridgehead atoms. The molecule has 5 heteroatoms. The molecule has 1 aromatic heterocycles. The molecule has 2 rings (SSSR count). The van der Waals surface area contributed by atoms with Gasteiger partial charge in [0.25, 0.3) is 0 Å². The molecule has 0 radical (unpaired) electrons. The topological polar surface area (TPSA) is 49.2 Å². The Hall–Kier alpha value is -0.710. The van der Waals surface area contributed by atoms with Crippen molar-refractivity contribution >= 4 is 11.6 Å². The van der Waals surface area contributed by atoms with Crippen LogP contribution in [0.1, 0.15) is 31.9 Å². The fourth-order valence-electron chi connectivity index (χ4n) is 2.13. The number of halogens is 1. The van der Waals surface area contributed by atoms with E-state index in [2.05, 4.69) is 14.9 Å². The number of likely N-dealkylation sites (tertiary alicyclic amines) is 1. The molecule has 1 fully saturated rings. The first-order chi connectivity index (χ1) is 8.05. The van der Waals surface area contributed by atoms with Crippen LogP contribution in [0, 0.1) is 0 Å². The Morgan fingerprint density at radius 1 is 1.35 bits per heavy atom. The molecule has 0 aliphatic carbocycles. The molecule has 2 heterocycles. The second kappa shape index (κ2) is 5.29. The fraction of sp³-hybridized carbons (Fsp3) is 0.667. The molecular weight excluding hydrogens is 238 g/mol. The molecule has 1 N–H and O–H groups in total. The first kappa shape index (κ1) is 12.7. The zero-order chi connectivity index (χ0) is 12.3. The Morgan fingerprint density at radius 3 is 2.88 bits per heavy atom. The highest BCUT2D eigenvalue weighted by molar-refractivity contribution is 6.29. The van der Waals surface area contributed by atoms with Crippen LogP contribution in [0.3, 0.4) is 0 Å². The van der Waals surface area contributed by atoms with E-state index in [0.717, 1.165) is 44.6 Å². The second-order valence-corrected chi connectivity index (χ2v) is 5.34. The van der Waals surface area contributed by atoms with E-state index >= 15 is 0 Å². The van der Waals surface area contributed by atoms with Crippen molar-refractivity contribution in [3.63, 3.8) is 0 Å². The Morgan fingerprint density at radius 2 is 2.18 bits per heavy atom. The van der Waals surface area contributed by atoms with Crippen molar-refractivity contribution in [2.45, 2.75) is 38.3 Å². The summed E-state index contributed by atoms with van der Waals surface area (Å²) < 4.78 is 0. The minimum absolute atomic E-state index is 0.424. The van der Waals surface area contributed by atoms with Gasteiger partial charge in [-0.2, -0.15) is 0 Å². The van der Waals surface area contributed by atoms with Crippen molar-refractivity contribution in [3.05, 3.63) is 23.2 Å². The van der Waals surface area contributed by atoms with Gasteiger partial charge >= 0.3 is 0 Å². The van der Waals surface area contributed by atoms with Crippen molar-refractivity contribution in [2.24, 2.45) is 0 Å². The second-order valence-electron chi connectivity index (χ2n) is 4.96. The van der Waals surface area contributed by atoms with Crippen LogP contribution < -0.4 is 0 Å². The van der Waals surface area contributed by atoms with Gasteiger partial charge in [0.1, 0.15) is 5.15 Å². The normalized spacial score (nSPS) is 26.8. The molecule has 1 unspecified atom stereocenters. The number of aromatic nitrogens is 2. The van der Waals surface area contributed by atoms with Gasteiger partial charge in [0.2, 0.25) is 0 Å². The van der Waals surface area contributed by atoms with E-state index in [9.17, 15) is 5.11 Å². The first-order valence-corrected chi connectivity index (χ1v) is 6.34. The summed E-state index contributed by atoms with van der Waals surface area (Å²) in [5, 5.41) is 10.4. The van der Waals surface area contributed by atoms with Crippen molar-refractivity contribution in [1.82, 2.24) is 14.9 Å². The van der Waals surface area contributed by atoms with Crippen LogP contribution in [-0.4, -0.2) is 38.7 Å². The molecule has 0 spiro atoms. The molecule has 0 saturated carbocycles. The zero-order valence-electron chi connectivity index (χ0n) is 10.1. The van der Waals surface area contributed by atoms with Gasteiger partial charge in [0, 0.05) is 13.1 Å². The summed E-state index contributed by atoms with van der Waals surface area (Å²) in [6.45, 7) is 4.59. The van der Waals surface area contributed by atoms with E-state index in [0.29, 0.717) is 5.15 Å². The molecule has 17 heavy (non-hydrogen) atoms. The lowest BCUT2D eigenvalue weighted by Gasteiger charge is -2.22. The summed E-state index contributed by atoms with van der Waals surface area (Å²) in [6.07, 6.45) is 5.99. The average molecular weight is 256 g/mol. The molecule has 0 aromatic carbocycles. The molecule has 4 nitrogen and oxygen atoms in total. The average Bonchev–Trinajstić information content (AvgIpc) is 2.44. The van der Waals surface area contributed by atoms with Crippen molar-refractivity contribution < 1.29 is 5.11 Å². The molecule has 1 aromatic rings. The van der Waals surface area contributed by atoms with Gasteiger partial charge in [-0.1, -0.05) is 11.6 Å². The number of aliphatic hydroxyl groups is 1. The van der Waals surface area contributed by atoms with E-state index in [4.69, 9.17) is 11.6 Å². The summed E-state index contributed by atoms with van der Waals surface area (Å²) in [4.78, 5) is 10.6. The predicted octanol–water partition coefficient (Wildman–Crippen LogP) is 1.87. The minimum Gasteiger partial charge on any atom is -0.390 e. The van der Waals surface area contributed by atoms with E-state index in [-0.39, 0.29) is 0 Å². The van der Waals surface area contributed by atoms with Gasteiger partial charge in [-0.15, -0.1) is 0 Å². The minimum atomic E-state index is -0.513. The van der Waals surface area contributed by atoms with Gasteiger partial charge in [-0.3, -0.25) is 9.88 Å². The highest BCUT2D eigenvalue weighted by atomic mass is 35.5. The third-order valence-electron chi connectivity index (χ3n) is 3.22. The monoisotopic (exact) mass is 255 g/mol. The molecule has 1 aliphatic heterocycles. The highest BCUT2D eigenvalue weighted by Gasteiger charge is 2.24. The Labute approximate surface area is 107 Å². The van der Waals surface area contributed by atoms with E-state index in [1.54, 1.807) is 12.4 Å². The highest BCUT2D eigenvalue weighted by Crippen LogP contribution is 2.22. The van der Waals surface area contributed by atoms with Crippen molar-refractivity contribution in [2.75, 3.05) is 13.1 Å². The number of hydrogen-bond donors (Lipinski definition) is 1. The SMILES string of the molecule is CC1(O)CCCN(Cc2cnc(Cl)cn2)CC1. The molecule has 94 valence electrons. The maximum Gasteiger partial charge on any atom is 0.147 e. The van der Waals surface area contributed by atoms with Crippen LogP contribution in [0.2, 0.25) is 5.15 Å². The lowest BCUT2D eigenvalue weighted by molar-refractivity contribution is 0.0444. The van der Waals surface area contributed by atoms with Crippen LogP contribution >= 0.6 is 11.6 Å². The summed E-state index contributed by atoms with van der Waals surface area (Å²) in [5.41, 5.74) is 0.413. The summed E-state index contributed by atoms with van der Waals surface area (Å²) >= 11 is 5.70. The smallest absolute Gasteiger partial charge is 0.147 e. The predicted molar refractivity (Wildman–Crippen MR) is 66.8 cm³/mol. The quantitative estimate of drug-likeness (QED) is 0.877. The molecular formula is C12H18ClN3O. The summed E-state index contributed by atoms with van der Waals surface area (Å²) in [7, 11) is 0. The third-order valence-corrected chi connectivity index (χ3v) is 3.41. The largest absolute Gasteiger partial charge is 0.390 e. The Kier molecular flexibility index (Phi) is 3.97. The van der Waals surface area contributed by atoms with E-state index < -0.39 is 5.60 Å². The maximum absolute atomic E-state index is 10.0. The van der Waals surface area contributed by atoms with Gasteiger partial charge in [0.05, 0.1) is 23.7 Å².